The second-order valence-electron chi connectivity index (χ2n) is 8.09. The highest BCUT2D eigenvalue weighted by molar-refractivity contribution is 5.67. The number of aromatic nitrogens is 3. The van der Waals surface area contributed by atoms with Gasteiger partial charge in [-0.2, -0.15) is 13.2 Å². The number of alkyl halides is 7. The number of pyridine rings is 1. The zero-order valence-corrected chi connectivity index (χ0v) is 17.1. The van der Waals surface area contributed by atoms with Gasteiger partial charge in [0.25, 0.3) is 18.3 Å². The number of hydrogen-bond acceptors (Lipinski definition) is 7. The number of fused-ring (bicyclic) bond motifs is 1. The lowest BCUT2D eigenvalue weighted by atomic mass is 10.1. The Hall–Kier alpha value is -3.39. The van der Waals surface area contributed by atoms with E-state index in [9.17, 15) is 30.7 Å². The van der Waals surface area contributed by atoms with Gasteiger partial charge in [-0.05, 0) is 0 Å². The van der Waals surface area contributed by atoms with Crippen molar-refractivity contribution in [3.8, 4) is 0 Å². The summed E-state index contributed by atoms with van der Waals surface area (Å²) in [7, 11) is 0. The molecule has 0 bridgehead atoms. The zero-order chi connectivity index (χ0) is 24.9. The summed E-state index contributed by atoms with van der Waals surface area (Å²) in [5, 5.41) is 9.60. The fraction of sp³-hybridized carbons (Fsp3) is 0.474. The Balaban J connectivity index is 0.000000868. The van der Waals surface area contributed by atoms with Crippen LogP contribution >= 0.6 is 0 Å². The maximum Gasteiger partial charge on any atom is 0.434 e. The monoisotopic (exact) mass is 494 g/mol. The molecule has 2 aromatic heterocycles. The van der Waals surface area contributed by atoms with Gasteiger partial charge in [0.2, 0.25) is 0 Å². The second-order valence-corrected chi connectivity index (χ2v) is 8.09. The molecule has 0 radical (unpaired) electrons. The average Bonchev–Trinajstić information content (AvgIpc) is 3.05. The van der Waals surface area contributed by atoms with E-state index in [0.29, 0.717) is 17.7 Å². The molecule has 2 aromatic rings. The number of piperidine rings is 1. The number of rotatable bonds is 4. The molecule has 8 nitrogen and oxygen atoms in total. The zero-order valence-electron chi connectivity index (χ0n) is 17.1. The maximum absolute atomic E-state index is 13.5. The van der Waals surface area contributed by atoms with E-state index in [0.717, 1.165) is 6.20 Å². The van der Waals surface area contributed by atoms with Gasteiger partial charge in [-0.15, -0.1) is 0 Å². The number of hydrogen-bond donors (Lipinski definition) is 2. The molecule has 3 fully saturated rings. The summed E-state index contributed by atoms with van der Waals surface area (Å²) in [5.41, 5.74) is -0.772. The predicted molar refractivity (Wildman–Crippen MR) is 105 cm³/mol. The lowest BCUT2D eigenvalue weighted by molar-refractivity contribution is -0.141. The smallest absolute Gasteiger partial charge is 0.434 e. The van der Waals surface area contributed by atoms with Crippen molar-refractivity contribution in [2.75, 3.05) is 41.3 Å². The van der Waals surface area contributed by atoms with E-state index < -0.39 is 48.6 Å². The Morgan fingerprint density at radius 2 is 1.62 bits per heavy atom. The normalized spacial score (nSPS) is 23.9. The number of halogens is 7. The highest BCUT2D eigenvalue weighted by atomic mass is 19.4. The molecule has 34 heavy (non-hydrogen) atoms. The number of carboxylic acid groups (broad SMARTS) is 1. The Kier molecular flexibility index (Phi) is 5.68. The fourth-order valence-electron chi connectivity index (χ4n) is 3.97. The van der Waals surface area contributed by atoms with E-state index in [1.54, 1.807) is 11.0 Å². The van der Waals surface area contributed by atoms with Crippen molar-refractivity contribution in [1.82, 2.24) is 15.0 Å². The van der Waals surface area contributed by atoms with Crippen LogP contribution in [-0.4, -0.2) is 64.6 Å². The van der Waals surface area contributed by atoms with E-state index in [4.69, 9.17) is 9.90 Å². The first-order valence-electron chi connectivity index (χ1n) is 9.86. The van der Waals surface area contributed by atoms with Crippen LogP contribution in [0.3, 0.4) is 0 Å². The largest absolute Gasteiger partial charge is 0.483 e. The summed E-state index contributed by atoms with van der Waals surface area (Å²) in [6, 6.07) is 2.99. The number of carbonyl (C=O) groups is 1. The van der Waals surface area contributed by atoms with Crippen molar-refractivity contribution in [2.45, 2.75) is 18.0 Å². The molecule has 4 heterocycles. The molecular weight excluding hydrogens is 477 g/mol. The highest BCUT2D eigenvalue weighted by Crippen LogP contribution is 2.59. The Labute approximate surface area is 187 Å². The molecule has 2 aliphatic heterocycles. The van der Waals surface area contributed by atoms with Crippen LogP contribution in [0.15, 0.2) is 24.5 Å². The average molecular weight is 494 g/mol. The van der Waals surface area contributed by atoms with Gasteiger partial charge in [0.05, 0.1) is 37.3 Å². The maximum atomic E-state index is 13.5. The van der Waals surface area contributed by atoms with Crippen LogP contribution in [0.5, 0.6) is 0 Å². The van der Waals surface area contributed by atoms with Gasteiger partial charge < -0.3 is 20.2 Å². The fourth-order valence-corrected chi connectivity index (χ4v) is 3.97. The Morgan fingerprint density at radius 3 is 2.12 bits per heavy atom. The molecular formula is C19H17F7N6O2. The standard InChI is InChI=1S/C18H15F7N6.CH2O2/c19-16(20)7-31(8-16)9-1-13(28-14-4-26-12(3-27-14)18(23,24)25)29-15(2-9)30-5-10-11(6-30)17(10,21)22;2-1-3/h1-4,10-11H,5-8H2,(H,27,28,29);1H,(H,2,3). The second kappa shape index (κ2) is 8.13. The molecule has 15 heteroatoms. The highest BCUT2D eigenvalue weighted by Gasteiger charge is 2.71. The number of nitrogens with one attached hydrogen (secondary N) is 1. The Morgan fingerprint density at radius 1 is 1.00 bits per heavy atom. The minimum Gasteiger partial charge on any atom is -0.483 e. The quantitative estimate of drug-likeness (QED) is 0.493. The van der Waals surface area contributed by atoms with Gasteiger partial charge in [0.1, 0.15) is 17.5 Å². The van der Waals surface area contributed by atoms with E-state index in [1.807, 2.05) is 0 Å². The van der Waals surface area contributed by atoms with Gasteiger partial charge >= 0.3 is 6.18 Å². The van der Waals surface area contributed by atoms with E-state index in [-0.39, 0.29) is 31.2 Å². The van der Waals surface area contributed by atoms with Crippen LogP contribution in [0.25, 0.3) is 0 Å². The molecule has 5 rings (SSSR count). The minimum absolute atomic E-state index is 0.0339. The molecule has 2 unspecified atom stereocenters. The summed E-state index contributed by atoms with van der Waals surface area (Å²) < 4.78 is 91.6. The lowest BCUT2D eigenvalue weighted by Crippen LogP contribution is -2.56. The van der Waals surface area contributed by atoms with E-state index >= 15 is 0 Å². The number of nitrogens with zero attached hydrogens (tertiary/aromatic N) is 5. The summed E-state index contributed by atoms with van der Waals surface area (Å²) in [5.74, 6) is -6.62. The molecule has 3 aliphatic rings. The van der Waals surface area contributed by atoms with Gasteiger partial charge in [-0.1, -0.05) is 0 Å². The van der Waals surface area contributed by atoms with E-state index in [2.05, 4.69) is 20.3 Å². The molecule has 2 N–H and O–H groups in total. The molecule has 0 spiro atoms. The van der Waals surface area contributed by atoms with Gasteiger partial charge in [-0.25, -0.2) is 32.5 Å². The van der Waals surface area contributed by atoms with Crippen molar-refractivity contribution in [3.05, 3.63) is 30.2 Å². The van der Waals surface area contributed by atoms with Crippen LogP contribution in [-0.2, 0) is 11.0 Å². The topological polar surface area (TPSA) is 94.5 Å². The summed E-state index contributed by atoms with van der Waals surface area (Å²) >= 11 is 0. The molecule has 0 amide bonds. The van der Waals surface area contributed by atoms with Gasteiger partial charge in [0.15, 0.2) is 5.69 Å². The third-order valence-corrected chi connectivity index (χ3v) is 5.73. The Bertz CT molecular complexity index is 1040. The van der Waals surface area contributed by atoms with Crippen molar-refractivity contribution in [3.63, 3.8) is 0 Å². The molecule has 184 valence electrons. The van der Waals surface area contributed by atoms with Crippen molar-refractivity contribution < 1.29 is 40.6 Å². The third kappa shape index (κ3) is 4.63. The predicted octanol–water partition coefficient (Wildman–Crippen LogP) is 3.49. The minimum atomic E-state index is -4.64. The van der Waals surface area contributed by atoms with Crippen LogP contribution in [0, 0.1) is 11.8 Å². The van der Waals surface area contributed by atoms with Crippen LogP contribution in [0.2, 0.25) is 0 Å². The third-order valence-electron chi connectivity index (χ3n) is 5.73. The molecule has 1 aliphatic carbocycles. The molecule has 2 atom stereocenters. The summed E-state index contributed by atoms with van der Waals surface area (Å²) in [4.78, 5) is 22.7. The SMILES string of the molecule is FC1(F)CN(c2cc(Nc3cnc(C(F)(F)F)cn3)nc(N3CC4C(C3)C4(F)F)c2)C1.O=CO. The number of anilines is 4. The van der Waals surface area contributed by atoms with Crippen LogP contribution in [0.1, 0.15) is 5.69 Å². The first kappa shape index (κ1) is 23.8. The summed E-state index contributed by atoms with van der Waals surface area (Å²) in [6.45, 7) is -1.08. The molecule has 2 saturated heterocycles. The van der Waals surface area contributed by atoms with Gasteiger partial charge in [-0.3, -0.25) is 4.79 Å². The first-order valence-corrected chi connectivity index (χ1v) is 9.86. The molecule has 1 saturated carbocycles. The molecule has 0 aromatic carbocycles. The van der Waals surface area contributed by atoms with Crippen LogP contribution in [0.4, 0.5) is 53.9 Å². The lowest BCUT2D eigenvalue weighted by Gasteiger charge is -2.40. The van der Waals surface area contributed by atoms with Crippen molar-refractivity contribution in [1.29, 1.82) is 0 Å². The first-order chi connectivity index (χ1) is 15.8. The van der Waals surface area contributed by atoms with Crippen molar-refractivity contribution in [2.24, 2.45) is 11.8 Å². The van der Waals surface area contributed by atoms with Crippen LogP contribution < -0.4 is 15.1 Å². The summed E-state index contributed by atoms with van der Waals surface area (Å²) in [6.07, 6.45) is -3.21. The van der Waals surface area contributed by atoms with E-state index in [1.165, 1.54) is 11.0 Å². The van der Waals surface area contributed by atoms with Gasteiger partial charge in [0, 0.05) is 30.9 Å². The van der Waals surface area contributed by atoms with Crippen molar-refractivity contribution >= 4 is 29.6 Å².